The van der Waals surface area contributed by atoms with E-state index in [1.807, 2.05) is 6.92 Å². The van der Waals surface area contributed by atoms with Crippen LogP contribution in [0.15, 0.2) is 38.0 Å². The summed E-state index contributed by atoms with van der Waals surface area (Å²) in [7, 11) is 0. The number of carbonyl (C=O) groups is 3. The molecule has 7 heteroatoms. The minimum atomic E-state index is -0.981. The first kappa shape index (κ1) is 27.0. The summed E-state index contributed by atoms with van der Waals surface area (Å²) in [6.45, 7) is 13.3. The maximum Gasteiger partial charge on any atom is 0.327 e. The molecule has 0 radical (unpaired) electrons. The molecule has 0 aliphatic rings. The molecule has 122 valence electrons. The van der Waals surface area contributed by atoms with E-state index in [-0.39, 0.29) is 0 Å². The molecule has 0 aromatic rings. The second kappa shape index (κ2) is 22.7. The van der Waals surface area contributed by atoms with Crippen LogP contribution in [0.4, 0.5) is 0 Å². The molecule has 21 heavy (non-hydrogen) atoms. The van der Waals surface area contributed by atoms with Crippen molar-refractivity contribution in [2.45, 2.75) is 20.3 Å². The van der Waals surface area contributed by atoms with Gasteiger partial charge in [0.05, 0.1) is 0 Å². The summed E-state index contributed by atoms with van der Waals surface area (Å²) in [6.07, 6.45) is 3.58. The molecule has 0 heterocycles. The average Bonchev–Trinajstić information content (AvgIpc) is 2.47. The van der Waals surface area contributed by atoms with Gasteiger partial charge in [0, 0.05) is 24.8 Å². The van der Waals surface area contributed by atoms with Gasteiger partial charge in [-0.2, -0.15) is 0 Å². The lowest BCUT2D eigenvalue weighted by Gasteiger charge is -1.98. The summed E-state index contributed by atoms with van der Waals surface area (Å²) in [6, 6.07) is 0. The Labute approximate surface area is 124 Å². The van der Waals surface area contributed by atoms with Crippen LogP contribution in [0, 0.1) is 5.92 Å². The Morgan fingerprint density at radius 2 is 1.10 bits per heavy atom. The Bertz CT molecular complexity index is 274. The predicted octanol–water partition coefficient (Wildman–Crippen LogP) is 1.80. The van der Waals surface area contributed by atoms with Crippen molar-refractivity contribution in [2.24, 2.45) is 5.92 Å². The second-order valence-electron chi connectivity index (χ2n) is 3.32. The minimum Gasteiger partial charge on any atom is -0.478 e. The molecule has 0 saturated carbocycles. The molecule has 0 amide bonds. The minimum absolute atomic E-state index is 0.330. The Hall–Kier alpha value is -2.41. The smallest absolute Gasteiger partial charge is 0.327 e. The van der Waals surface area contributed by atoms with Gasteiger partial charge >= 0.3 is 17.9 Å². The van der Waals surface area contributed by atoms with E-state index in [0.717, 1.165) is 24.6 Å². The first-order valence-corrected chi connectivity index (χ1v) is 5.79. The number of carboxylic acids is 3. The third-order valence-corrected chi connectivity index (χ3v) is 1.53. The molecule has 0 fully saturated rings. The van der Waals surface area contributed by atoms with Crippen molar-refractivity contribution in [3.05, 3.63) is 38.0 Å². The largest absolute Gasteiger partial charge is 0.478 e. The van der Waals surface area contributed by atoms with E-state index in [2.05, 4.69) is 26.7 Å². The maximum absolute atomic E-state index is 9.25. The molecule has 7 nitrogen and oxygen atoms in total. The van der Waals surface area contributed by atoms with Crippen LogP contribution in [0.3, 0.4) is 0 Å². The third kappa shape index (κ3) is 74.2. The summed E-state index contributed by atoms with van der Waals surface area (Å²) in [5.74, 6) is -2.45. The molecule has 0 aromatic heterocycles. The van der Waals surface area contributed by atoms with Crippen LogP contribution >= 0.6 is 0 Å². The van der Waals surface area contributed by atoms with Gasteiger partial charge in [0.2, 0.25) is 0 Å². The van der Waals surface area contributed by atoms with Crippen LogP contribution in [-0.2, 0) is 14.4 Å². The summed E-state index contributed by atoms with van der Waals surface area (Å²) < 4.78 is 0. The Morgan fingerprint density at radius 1 is 0.905 bits per heavy atom. The standard InChI is InChI=1S/C5H12O.3C3H4O2/c1-3-5(2)4-6;3*1-2-3(4)5/h5-6H,3-4H2,1-2H3;3*2H,1H2,(H,4,5). The first-order valence-electron chi connectivity index (χ1n) is 5.79. The van der Waals surface area contributed by atoms with Crippen LogP contribution in [-0.4, -0.2) is 44.9 Å². The van der Waals surface area contributed by atoms with Crippen molar-refractivity contribution in [3.63, 3.8) is 0 Å². The SMILES string of the molecule is C=CC(=O)O.C=CC(=O)O.C=CC(=O)O.CCC(C)CO. The fourth-order valence-corrected chi connectivity index (χ4v) is 0.129. The molecule has 1 unspecified atom stereocenters. The van der Waals surface area contributed by atoms with Gasteiger partial charge in [-0.3, -0.25) is 0 Å². The summed E-state index contributed by atoms with van der Waals surface area (Å²) in [5, 5.41) is 31.1. The molecule has 4 N–H and O–H groups in total. The van der Waals surface area contributed by atoms with Gasteiger partial charge in [0.25, 0.3) is 0 Å². The maximum atomic E-state index is 9.25. The van der Waals surface area contributed by atoms with Crippen molar-refractivity contribution in [1.82, 2.24) is 0 Å². The lowest BCUT2D eigenvalue weighted by Crippen LogP contribution is -1.96. The zero-order valence-corrected chi connectivity index (χ0v) is 12.4. The topological polar surface area (TPSA) is 132 Å². The Balaban J connectivity index is -0.0000000921. The van der Waals surface area contributed by atoms with E-state index in [1.54, 1.807) is 0 Å². The number of aliphatic hydroxyl groups is 1. The zero-order valence-electron chi connectivity index (χ0n) is 12.4. The van der Waals surface area contributed by atoms with E-state index < -0.39 is 17.9 Å². The summed E-state index contributed by atoms with van der Waals surface area (Å²) in [5.41, 5.74) is 0. The molecule has 0 bridgehead atoms. The van der Waals surface area contributed by atoms with Crippen LogP contribution < -0.4 is 0 Å². The molecule has 0 spiro atoms. The number of hydrogen-bond acceptors (Lipinski definition) is 4. The monoisotopic (exact) mass is 304 g/mol. The highest BCUT2D eigenvalue weighted by Crippen LogP contribution is 1.95. The van der Waals surface area contributed by atoms with Crippen LogP contribution in [0.25, 0.3) is 0 Å². The normalized spacial score (nSPS) is 8.71. The van der Waals surface area contributed by atoms with Gasteiger partial charge in [-0.05, 0) is 5.92 Å². The van der Waals surface area contributed by atoms with Crippen molar-refractivity contribution in [1.29, 1.82) is 0 Å². The molecule has 0 rings (SSSR count). The highest BCUT2D eigenvalue weighted by Gasteiger charge is 1.90. The van der Waals surface area contributed by atoms with E-state index >= 15 is 0 Å². The van der Waals surface area contributed by atoms with Gasteiger partial charge in [0.1, 0.15) is 0 Å². The average molecular weight is 304 g/mol. The van der Waals surface area contributed by atoms with E-state index in [4.69, 9.17) is 20.4 Å². The predicted molar refractivity (Wildman–Crippen MR) is 80.0 cm³/mol. The molecule has 0 aliphatic heterocycles. The lowest BCUT2D eigenvalue weighted by atomic mass is 10.1. The van der Waals surface area contributed by atoms with Gasteiger partial charge in [-0.1, -0.05) is 40.0 Å². The fraction of sp³-hybridized carbons (Fsp3) is 0.357. The molecule has 0 aromatic carbocycles. The van der Waals surface area contributed by atoms with Crippen LogP contribution in [0.5, 0.6) is 0 Å². The number of carboxylic acid groups (broad SMARTS) is 3. The van der Waals surface area contributed by atoms with Gasteiger partial charge in [-0.25, -0.2) is 14.4 Å². The highest BCUT2D eigenvalue weighted by molar-refractivity contribution is 5.79. The number of hydrogen-bond donors (Lipinski definition) is 4. The van der Waals surface area contributed by atoms with Crippen molar-refractivity contribution in [3.8, 4) is 0 Å². The quantitative estimate of drug-likeness (QED) is 0.569. The number of aliphatic hydroxyl groups excluding tert-OH is 1. The van der Waals surface area contributed by atoms with E-state index in [9.17, 15) is 14.4 Å². The zero-order chi connectivity index (χ0) is 17.8. The van der Waals surface area contributed by atoms with E-state index in [1.165, 1.54) is 0 Å². The number of rotatable bonds is 5. The first-order chi connectivity index (χ1) is 9.62. The molecule has 1 atom stereocenters. The van der Waals surface area contributed by atoms with Gasteiger partial charge in [0.15, 0.2) is 0 Å². The Kier molecular flexibility index (Phi) is 29.3. The highest BCUT2D eigenvalue weighted by atomic mass is 16.4. The van der Waals surface area contributed by atoms with E-state index in [0.29, 0.717) is 12.5 Å². The molecule has 0 saturated heterocycles. The Morgan fingerprint density at radius 3 is 1.10 bits per heavy atom. The molecular formula is C14H24O7. The fourth-order valence-electron chi connectivity index (χ4n) is 0.129. The molecular weight excluding hydrogens is 280 g/mol. The second-order valence-corrected chi connectivity index (χ2v) is 3.32. The summed E-state index contributed by atoms with van der Waals surface area (Å²) in [4.78, 5) is 27.8. The van der Waals surface area contributed by atoms with Crippen LogP contribution in [0.1, 0.15) is 20.3 Å². The van der Waals surface area contributed by atoms with Gasteiger partial charge in [-0.15, -0.1) is 0 Å². The van der Waals surface area contributed by atoms with Crippen molar-refractivity contribution < 1.29 is 34.8 Å². The summed E-state index contributed by atoms with van der Waals surface area (Å²) >= 11 is 0. The van der Waals surface area contributed by atoms with Crippen molar-refractivity contribution >= 4 is 17.9 Å². The third-order valence-electron chi connectivity index (χ3n) is 1.53. The van der Waals surface area contributed by atoms with Crippen molar-refractivity contribution in [2.75, 3.05) is 6.61 Å². The van der Waals surface area contributed by atoms with Crippen LogP contribution in [0.2, 0.25) is 0 Å². The van der Waals surface area contributed by atoms with Gasteiger partial charge < -0.3 is 20.4 Å². The molecule has 0 aliphatic carbocycles. The lowest BCUT2D eigenvalue weighted by molar-refractivity contribution is -0.132. The number of aliphatic carboxylic acids is 3.